The predicted molar refractivity (Wildman–Crippen MR) is 118 cm³/mol. The Bertz CT molecular complexity index is 1300. The Morgan fingerprint density at radius 1 is 1.06 bits per heavy atom. The summed E-state index contributed by atoms with van der Waals surface area (Å²) in [5.74, 6) is 1.47. The third kappa shape index (κ3) is 3.29. The van der Waals surface area contributed by atoms with Gasteiger partial charge in [0.05, 0.1) is 35.5 Å². The molecule has 1 aliphatic rings. The highest BCUT2D eigenvalue weighted by Crippen LogP contribution is 2.35. The summed E-state index contributed by atoms with van der Waals surface area (Å²) in [5, 5.41) is 2.78. The number of fused-ring (bicyclic) bond motifs is 4. The predicted octanol–water partition coefficient (Wildman–Crippen LogP) is 3.55. The third-order valence-corrected chi connectivity index (χ3v) is 5.72. The van der Waals surface area contributed by atoms with Crippen molar-refractivity contribution in [1.82, 2.24) is 4.57 Å². The maximum Gasteiger partial charge on any atom is 0.202 e. The molecule has 0 amide bonds. The number of rotatable bonds is 5. The van der Waals surface area contributed by atoms with Crippen LogP contribution in [-0.2, 0) is 6.54 Å². The largest absolute Gasteiger partial charge is 0.490 e. The summed E-state index contributed by atoms with van der Waals surface area (Å²) < 4.78 is 19.6. The molecule has 0 saturated carbocycles. The summed E-state index contributed by atoms with van der Waals surface area (Å²) >= 11 is 0. The van der Waals surface area contributed by atoms with Crippen LogP contribution in [0.2, 0.25) is 0 Å². The summed E-state index contributed by atoms with van der Waals surface area (Å²) in [6, 6.07) is 15.3. The van der Waals surface area contributed by atoms with Crippen molar-refractivity contribution in [3.8, 4) is 17.2 Å². The molecule has 6 heteroatoms. The fourth-order valence-electron chi connectivity index (χ4n) is 4.34. The second kappa shape index (κ2) is 7.96. The van der Waals surface area contributed by atoms with E-state index in [-0.39, 0.29) is 11.5 Å². The zero-order valence-electron chi connectivity index (χ0n) is 17.6. The Balaban J connectivity index is 1.65. The fraction of sp³-hybridized carbons (Fsp3) is 0.240. The molecule has 2 N–H and O–H groups in total. The number of ether oxygens (including phenoxy) is 2. The van der Waals surface area contributed by atoms with E-state index >= 15 is 0 Å². The molecule has 6 nitrogen and oxygen atoms in total. The molecular formula is C25H25N2O4+. The molecule has 4 aromatic rings. The molecule has 5 rings (SSSR count). The van der Waals surface area contributed by atoms with E-state index in [0.717, 1.165) is 28.4 Å². The van der Waals surface area contributed by atoms with Crippen LogP contribution in [0.25, 0.3) is 16.7 Å². The van der Waals surface area contributed by atoms with Crippen molar-refractivity contribution >= 4 is 11.0 Å². The van der Waals surface area contributed by atoms with Crippen molar-refractivity contribution in [2.24, 2.45) is 0 Å². The van der Waals surface area contributed by atoms with Gasteiger partial charge in [0.1, 0.15) is 18.4 Å². The Hall–Kier alpha value is -3.51. The Labute approximate surface area is 180 Å². The first-order valence-electron chi connectivity index (χ1n) is 10.6. The standard InChI is InChI=1S/C25H24N2O4/c1-3-29-22-12-16-14-26-24(18-15-31-21-10-6-5-8-17(21)25(18)28)19-9-7-11-27(19)20(16)13-23(22)30-4-2/h5-13,15,24,26H,3-4,14H2,1-2H3/p+1/t24-/m0/s1. The molecular weight excluding hydrogens is 392 g/mol. The number of para-hydroxylation sites is 1. The Kier molecular flexibility index (Phi) is 5.00. The van der Waals surface area contributed by atoms with Gasteiger partial charge in [-0.3, -0.25) is 4.79 Å². The van der Waals surface area contributed by atoms with Crippen molar-refractivity contribution in [1.29, 1.82) is 0 Å². The van der Waals surface area contributed by atoms with E-state index in [2.05, 4.69) is 22.0 Å². The highest BCUT2D eigenvalue weighted by Gasteiger charge is 2.30. The SMILES string of the molecule is CCOc1cc2c(cc1OCC)-n1cccc1[C@H](c1coc3ccccc3c1=O)[NH2+]C2. The van der Waals surface area contributed by atoms with Crippen LogP contribution in [-0.4, -0.2) is 17.8 Å². The normalized spacial score (nSPS) is 15.2. The minimum absolute atomic E-state index is 0.00631. The number of benzene rings is 2. The maximum atomic E-state index is 13.3. The first-order valence-corrected chi connectivity index (χ1v) is 10.6. The Morgan fingerprint density at radius 2 is 1.84 bits per heavy atom. The number of nitrogens with zero attached hydrogens (tertiary/aromatic N) is 1. The average molecular weight is 417 g/mol. The molecule has 0 bridgehead atoms. The minimum atomic E-state index is -0.186. The summed E-state index contributed by atoms with van der Waals surface area (Å²) in [6.07, 6.45) is 3.63. The van der Waals surface area contributed by atoms with Gasteiger partial charge in [0.25, 0.3) is 0 Å². The molecule has 1 aliphatic heterocycles. The van der Waals surface area contributed by atoms with Gasteiger partial charge in [-0.2, -0.15) is 0 Å². The average Bonchev–Trinajstić information content (AvgIpc) is 3.21. The second-order valence-electron chi connectivity index (χ2n) is 7.53. The van der Waals surface area contributed by atoms with Gasteiger partial charge < -0.3 is 23.8 Å². The molecule has 0 unspecified atom stereocenters. The van der Waals surface area contributed by atoms with E-state index in [9.17, 15) is 4.79 Å². The summed E-state index contributed by atoms with van der Waals surface area (Å²) in [7, 11) is 0. The number of quaternary nitrogens is 1. The molecule has 0 radical (unpaired) electrons. The number of hydrogen-bond donors (Lipinski definition) is 1. The van der Waals surface area contributed by atoms with Gasteiger partial charge in [0.2, 0.25) is 5.43 Å². The van der Waals surface area contributed by atoms with E-state index in [1.54, 1.807) is 6.26 Å². The van der Waals surface area contributed by atoms with Gasteiger partial charge in [-0.25, -0.2) is 0 Å². The van der Waals surface area contributed by atoms with Gasteiger partial charge in [0.15, 0.2) is 17.5 Å². The number of hydrogen-bond acceptors (Lipinski definition) is 4. The smallest absolute Gasteiger partial charge is 0.202 e. The van der Waals surface area contributed by atoms with Crippen molar-refractivity contribution < 1.29 is 19.2 Å². The highest BCUT2D eigenvalue weighted by atomic mass is 16.5. The van der Waals surface area contributed by atoms with Crippen LogP contribution in [0.4, 0.5) is 0 Å². The highest BCUT2D eigenvalue weighted by molar-refractivity contribution is 5.76. The molecule has 0 saturated heterocycles. The van der Waals surface area contributed by atoms with Crippen molar-refractivity contribution in [2.75, 3.05) is 13.2 Å². The van der Waals surface area contributed by atoms with E-state index in [1.165, 1.54) is 0 Å². The zero-order valence-corrected chi connectivity index (χ0v) is 17.6. The lowest BCUT2D eigenvalue weighted by atomic mass is 10.0. The molecule has 31 heavy (non-hydrogen) atoms. The first-order chi connectivity index (χ1) is 15.2. The lowest BCUT2D eigenvalue weighted by Gasteiger charge is -2.16. The summed E-state index contributed by atoms with van der Waals surface area (Å²) in [4.78, 5) is 13.3. The van der Waals surface area contributed by atoms with Crippen LogP contribution in [0.15, 0.2) is 70.2 Å². The molecule has 0 spiro atoms. The maximum absolute atomic E-state index is 13.3. The topological polar surface area (TPSA) is 70.2 Å². The summed E-state index contributed by atoms with van der Waals surface area (Å²) in [5.41, 5.74) is 4.43. The van der Waals surface area contributed by atoms with Crippen LogP contribution in [0.5, 0.6) is 11.5 Å². The quantitative estimate of drug-likeness (QED) is 0.539. The van der Waals surface area contributed by atoms with Gasteiger partial charge in [-0.1, -0.05) is 12.1 Å². The molecule has 0 fully saturated rings. The Morgan fingerprint density at radius 3 is 2.65 bits per heavy atom. The number of aromatic nitrogens is 1. The van der Waals surface area contributed by atoms with E-state index in [1.807, 2.05) is 56.4 Å². The fourth-order valence-corrected chi connectivity index (χ4v) is 4.34. The van der Waals surface area contributed by atoms with Crippen LogP contribution < -0.4 is 20.2 Å². The van der Waals surface area contributed by atoms with Crippen LogP contribution in [0, 0.1) is 0 Å². The molecule has 2 aromatic heterocycles. The molecule has 0 aliphatic carbocycles. The molecule has 3 heterocycles. The van der Waals surface area contributed by atoms with Gasteiger partial charge >= 0.3 is 0 Å². The minimum Gasteiger partial charge on any atom is -0.490 e. The number of nitrogens with two attached hydrogens (primary N) is 1. The van der Waals surface area contributed by atoms with E-state index in [0.29, 0.717) is 36.3 Å². The van der Waals surface area contributed by atoms with Crippen LogP contribution in [0.1, 0.15) is 36.7 Å². The van der Waals surface area contributed by atoms with Gasteiger partial charge in [-0.05, 0) is 44.2 Å². The first kappa shape index (κ1) is 19.5. The summed E-state index contributed by atoms with van der Waals surface area (Å²) in [6.45, 7) is 5.75. The van der Waals surface area contributed by atoms with Crippen molar-refractivity contribution in [3.63, 3.8) is 0 Å². The molecule has 158 valence electrons. The van der Waals surface area contributed by atoms with Gasteiger partial charge in [-0.15, -0.1) is 0 Å². The molecule has 2 aromatic carbocycles. The lowest BCUT2D eigenvalue weighted by Crippen LogP contribution is -2.84. The monoisotopic (exact) mass is 417 g/mol. The lowest BCUT2D eigenvalue weighted by molar-refractivity contribution is -0.702. The van der Waals surface area contributed by atoms with Crippen LogP contribution >= 0.6 is 0 Å². The third-order valence-electron chi connectivity index (χ3n) is 5.72. The van der Waals surface area contributed by atoms with E-state index in [4.69, 9.17) is 13.9 Å². The van der Waals surface area contributed by atoms with Crippen LogP contribution in [0.3, 0.4) is 0 Å². The van der Waals surface area contributed by atoms with Crippen molar-refractivity contribution in [2.45, 2.75) is 26.4 Å². The van der Waals surface area contributed by atoms with Gasteiger partial charge in [0, 0.05) is 17.8 Å². The second-order valence-corrected chi connectivity index (χ2v) is 7.53. The van der Waals surface area contributed by atoms with E-state index < -0.39 is 0 Å². The molecule has 1 atom stereocenters. The van der Waals surface area contributed by atoms with Crippen molar-refractivity contribution in [3.05, 3.63) is 88.0 Å². The zero-order chi connectivity index (χ0) is 21.4.